The second-order valence-electron chi connectivity index (χ2n) is 4.79. The molecule has 5 heteroatoms. The molecule has 3 rings (SSSR count). The van der Waals surface area contributed by atoms with Gasteiger partial charge >= 0.3 is 0 Å². The van der Waals surface area contributed by atoms with Crippen LogP contribution < -0.4 is 10.8 Å². The minimum atomic E-state index is -0.114. The van der Waals surface area contributed by atoms with Crippen molar-refractivity contribution in [3.8, 4) is 0 Å². The van der Waals surface area contributed by atoms with E-state index in [1.165, 1.54) is 0 Å². The van der Waals surface area contributed by atoms with E-state index in [-0.39, 0.29) is 12.0 Å². The van der Waals surface area contributed by atoms with E-state index in [2.05, 4.69) is 15.8 Å². The highest BCUT2D eigenvalue weighted by atomic mass is 16.7. The zero-order chi connectivity index (χ0) is 13.1. The number of H-pyrrole nitrogens is 1. The number of amides is 1. The Morgan fingerprint density at radius 3 is 3.16 bits per heavy atom. The fraction of sp³-hybridized carbons (Fsp3) is 0.357. The third-order valence-electron chi connectivity index (χ3n) is 3.38. The number of carbonyl (C=O) groups excluding carboxylic acids is 1. The average molecular weight is 259 g/mol. The van der Waals surface area contributed by atoms with E-state index < -0.39 is 0 Å². The molecule has 1 aliphatic heterocycles. The molecule has 1 saturated heterocycles. The molecule has 100 valence electrons. The van der Waals surface area contributed by atoms with E-state index in [1.54, 1.807) is 0 Å². The number of hydroxylamine groups is 1. The fourth-order valence-electron chi connectivity index (χ4n) is 2.36. The first-order valence-electron chi connectivity index (χ1n) is 6.53. The summed E-state index contributed by atoms with van der Waals surface area (Å²) in [7, 11) is 0. The maximum atomic E-state index is 11.8. The zero-order valence-corrected chi connectivity index (χ0v) is 10.6. The van der Waals surface area contributed by atoms with E-state index in [0.717, 1.165) is 36.0 Å². The number of rotatable bonds is 4. The summed E-state index contributed by atoms with van der Waals surface area (Å²) in [6.07, 6.45) is 3.23. The Balaban J connectivity index is 1.59. The second-order valence-corrected chi connectivity index (χ2v) is 4.79. The number of carbonyl (C=O) groups is 1. The lowest BCUT2D eigenvalue weighted by Crippen LogP contribution is -2.31. The van der Waals surface area contributed by atoms with Gasteiger partial charge in [0.15, 0.2) is 0 Å². The minimum absolute atomic E-state index is 0.0897. The van der Waals surface area contributed by atoms with Gasteiger partial charge in [0.1, 0.15) is 0 Å². The number of benzene rings is 1. The fourth-order valence-corrected chi connectivity index (χ4v) is 2.36. The topological polar surface area (TPSA) is 66.2 Å². The minimum Gasteiger partial charge on any atom is -0.361 e. The Labute approximate surface area is 111 Å². The first-order valence-corrected chi connectivity index (χ1v) is 6.53. The number of nitrogens with one attached hydrogen (secondary N) is 3. The number of hydrogen-bond acceptors (Lipinski definition) is 3. The van der Waals surface area contributed by atoms with Crippen LogP contribution in [0.25, 0.3) is 10.9 Å². The molecule has 0 aliphatic carbocycles. The molecule has 5 nitrogen and oxygen atoms in total. The highest BCUT2D eigenvalue weighted by Crippen LogP contribution is 2.17. The molecular formula is C14H17N3O2. The summed E-state index contributed by atoms with van der Waals surface area (Å²) in [5.41, 5.74) is 4.57. The Bertz CT molecular complexity index is 573. The predicted octanol–water partition coefficient (Wildman–Crippen LogP) is 1.12. The quantitative estimate of drug-likeness (QED) is 0.721. The molecule has 0 spiro atoms. The van der Waals surface area contributed by atoms with Crippen LogP contribution in [-0.4, -0.2) is 30.1 Å². The van der Waals surface area contributed by atoms with Crippen molar-refractivity contribution in [3.63, 3.8) is 0 Å². The highest BCUT2D eigenvalue weighted by Gasteiger charge is 2.16. The number of aromatic amines is 1. The molecule has 1 aromatic carbocycles. The van der Waals surface area contributed by atoms with E-state index >= 15 is 0 Å². The van der Waals surface area contributed by atoms with Crippen molar-refractivity contribution < 1.29 is 9.63 Å². The maximum Gasteiger partial charge on any atom is 0.248 e. The largest absolute Gasteiger partial charge is 0.361 e. The van der Waals surface area contributed by atoms with Crippen molar-refractivity contribution in [1.82, 2.24) is 15.8 Å². The molecule has 2 aromatic rings. The number of aromatic nitrogens is 1. The SMILES string of the molecule is O=C(Cc1c[nH]c2ccccc12)NOC1CCNC1. The van der Waals surface area contributed by atoms with E-state index in [4.69, 9.17) is 4.84 Å². The molecule has 1 unspecified atom stereocenters. The first kappa shape index (κ1) is 12.2. The number of hydrogen-bond donors (Lipinski definition) is 3. The lowest BCUT2D eigenvalue weighted by atomic mass is 10.1. The molecule has 2 heterocycles. The molecule has 1 aromatic heterocycles. The summed E-state index contributed by atoms with van der Waals surface area (Å²) in [6.45, 7) is 1.75. The lowest BCUT2D eigenvalue weighted by molar-refractivity contribution is -0.136. The highest BCUT2D eigenvalue weighted by molar-refractivity contribution is 5.88. The van der Waals surface area contributed by atoms with Gasteiger partial charge in [-0.15, -0.1) is 0 Å². The molecule has 3 N–H and O–H groups in total. The van der Waals surface area contributed by atoms with E-state index in [1.807, 2.05) is 30.5 Å². The van der Waals surface area contributed by atoms with E-state index in [0.29, 0.717) is 6.42 Å². The summed E-state index contributed by atoms with van der Waals surface area (Å²) < 4.78 is 0. The Hall–Kier alpha value is -1.85. The van der Waals surface area contributed by atoms with Gasteiger partial charge in [-0.1, -0.05) is 18.2 Å². The second kappa shape index (κ2) is 5.42. The summed E-state index contributed by atoms with van der Waals surface area (Å²) in [6, 6.07) is 7.95. The van der Waals surface area contributed by atoms with Crippen LogP contribution in [0, 0.1) is 0 Å². The molecular weight excluding hydrogens is 242 g/mol. The average Bonchev–Trinajstić information content (AvgIpc) is 3.07. The summed E-state index contributed by atoms with van der Waals surface area (Å²) in [5, 5.41) is 4.27. The van der Waals surface area contributed by atoms with Gasteiger partial charge in [-0.05, 0) is 24.6 Å². The third kappa shape index (κ3) is 2.77. The normalized spacial score (nSPS) is 18.8. The van der Waals surface area contributed by atoms with E-state index in [9.17, 15) is 4.79 Å². The smallest absolute Gasteiger partial charge is 0.248 e. The Morgan fingerprint density at radius 1 is 1.42 bits per heavy atom. The molecule has 19 heavy (non-hydrogen) atoms. The Kier molecular flexibility index (Phi) is 3.48. The van der Waals surface area contributed by atoms with Gasteiger partial charge in [0.05, 0.1) is 12.5 Å². The van der Waals surface area contributed by atoms with Gasteiger partial charge in [0.2, 0.25) is 5.91 Å². The van der Waals surface area contributed by atoms with Crippen LogP contribution in [0.15, 0.2) is 30.5 Å². The Morgan fingerprint density at radius 2 is 2.32 bits per heavy atom. The molecule has 1 aliphatic rings. The van der Waals surface area contributed by atoms with Crippen molar-refractivity contribution >= 4 is 16.8 Å². The summed E-state index contributed by atoms with van der Waals surface area (Å²) >= 11 is 0. The molecule has 0 bridgehead atoms. The standard InChI is InChI=1S/C14H17N3O2/c18-14(17-19-11-5-6-15-9-11)7-10-8-16-13-4-2-1-3-12(10)13/h1-4,8,11,15-16H,5-7,9H2,(H,17,18). The molecule has 1 amide bonds. The molecule has 1 atom stereocenters. The number of para-hydroxylation sites is 1. The van der Waals surface area contributed by atoms with Gasteiger partial charge in [0, 0.05) is 23.6 Å². The van der Waals surface area contributed by atoms with Crippen molar-refractivity contribution in [2.75, 3.05) is 13.1 Å². The first-order chi connectivity index (χ1) is 9.33. The van der Waals surface area contributed by atoms with Crippen molar-refractivity contribution in [2.24, 2.45) is 0 Å². The molecule has 1 fully saturated rings. The van der Waals surface area contributed by atoms with Gasteiger partial charge in [-0.25, -0.2) is 5.48 Å². The van der Waals surface area contributed by atoms with Crippen LogP contribution in [0.5, 0.6) is 0 Å². The summed E-state index contributed by atoms with van der Waals surface area (Å²) in [5.74, 6) is -0.114. The third-order valence-corrected chi connectivity index (χ3v) is 3.38. The van der Waals surface area contributed by atoms with Crippen molar-refractivity contribution in [1.29, 1.82) is 0 Å². The van der Waals surface area contributed by atoms with Crippen LogP contribution in [0.3, 0.4) is 0 Å². The number of fused-ring (bicyclic) bond motifs is 1. The van der Waals surface area contributed by atoms with Gasteiger partial charge in [-0.2, -0.15) is 0 Å². The van der Waals surface area contributed by atoms with Crippen molar-refractivity contribution in [2.45, 2.75) is 18.9 Å². The lowest BCUT2D eigenvalue weighted by Gasteiger charge is -2.10. The van der Waals surface area contributed by atoms with Crippen molar-refractivity contribution in [3.05, 3.63) is 36.0 Å². The van der Waals surface area contributed by atoms with Crippen LogP contribution in [0.4, 0.5) is 0 Å². The zero-order valence-electron chi connectivity index (χ0n) is 10.6. The summed E-state index contributed by atoms with van der Waals surface area (Å²) in [4.78, 5) is 20.4. The van der Waals surface area contributed by atoms with Crippen LogP contribution in [-0.2, 0) is 16.1 Å². The van der Waals surface area contributed by atoms with Crippen LogP contribution in [0.1, 0.15) is 12.0 Å². The van der Waals surface area contributed by atoms with Crippen LogP contribution in [0.2, 0.25) is 0 Å². The van der Waals surface area contributed by atoms with Gasteiger partial charge in [-0.3, -0.25) is 9.63 Å². The monoisotopic (exact) mass is 259 g/mol. The maximum absolute atomic E-state index is 11.8. The predicted molar refractivity (Wildman–Crippen MR) is 72.5 cm³/mol. The molecule has 0 radical (unpaired) electrons. The van der Waals surface area contributed by atoms with Gasteiger partial charge < -0.3 is 10.3 Å². The molecule has 0 saturated carbocycles. The van der Waals surface area contributed by atoms with Crippen LogP contribution >= 0.6 is 0 Å². The van der Waals surface area contributed by atoms with Gasteiger partial charge in [0.25, 0.3) is 0 Å².